The minimum atomic E-state index is -3.85. The SMILES string of the molecule is Cn1cnc(S(=O)(=O)N2CCNCC2C(=O)O)c1. The maximum Gasteiger partial charge on any atom is 0.323 e. The highest BCUT2D eigenvalue weighted by molar-refractivity contribution is 7.89. The summed E-state index contributed by atoms with van der Waals surface area (Å²) in [7, 11) is -2.20. The summed E-state index contributed by atoms with van der Waals surface area (Å²) in [6.07, 6.45) is 2.72. The van der Waals surface area contributed by atoms with E-state index in [4.69, 9.17) is 5.11 Å². The number of hydrogen-bond donors (Lipinski definition) is 2. The van der Waals surface area contributed by atoms with Crippen molar-refractivity contribution in [2.45, 2.75) is 11.1 Å². The molecule has 1 saturated heterocycles. The van der Waals surface area contributed by atoms with Crippen LogP contribution in [0.15, 0.2) is 17.6 Å². The van der Waals surface area contributed by atoms with E-state index < -0.39 is 22.0 Å². The number of carboxylic acids is 1. The van der Waals surface area contributed by atoms with Crippen LogP contribution in [0.3, 0.4) is 0 Å². The zero-order valence-corrected chi connectivity index (χ0v) is 10.6. The molecule has 0 radical (unpaired) electrons. The molecule has 100 valence electrons. The van der Waals surface area contributed by atoms with Crippen molar-refractivity contribution in [1.82, 2.24) is 19.2 Å². The molecular formula is C9H14N4O4S. The predicted molar refractivity (Wildman–Crippen MR) is 61.4 cm³/mol. The topological polar surface area (TPSA) is 105 Å². The summed E-state index contributed by atoms with van der Waals surface area (Å²) < 4.78 is 27.0. The Balaban J connectivity index is 2.36. The van der Waals surface area contributed by atoms with E-state index >= 15 is 0 Å². The molecule has 2 heterocycles. The summed E-state index contributed by atoms with van der Waals surface area (Å²) >= 11 is 0. The molecule has 0 bridgehead atoms. The first-order chi connectivity index (χ1) is 8.43. The highest BCUT2D eigenvalue weighted by atomic mass is 32.2. The molecule has 2 rings (SSSR count). The number of aromatic nitrogens is 2. The molecule has 8 nitrogen and oxygen atoms in total. The lowest BCUT2D eigenvalue weighted by Crippen LogP contribution is -2.56. The van der Waals surface area contributed by atoms with Crippen LogP contribution in [-0.2, 0) is 21.9 Å². The second-order valence-corrected chi connectivity index (χ2v) is 5.89. The number of aliphatic carboxylic acids is 1. The number of aryl methyl sites for hydroxylation is 1. The minimum absolute atomic E-state index is 0.0986. The molecule has 1 fully saturated rings. The highest BCUT2D eigenvalue weighted by Crippen LogP contribution is 2.17. The third-order valence-electron chi connectivity index (χ3n) is 2.73. The lowest BCUT2D eigenvalue weighted by Gasteiger charge is -2.31. The molecule has 1 unspecified atom stereocenters. The molecular weight excluding hydrogens is 260 g/mol. The number of imidazole rings is 1. The molecule has 1 aromatic rings. The van der Waals surface area contributed by atoms with Gasteiger partial charge in [0.2, 0.25) is 0 Å². The van der Waals surface area contributed by atoms with E-state index in [0.29, 0.717) is 6.54 Å². The van der Waals surface area contributed by atoms with Crippen LogP contribution in [0.2, 0.25) is 0 Å². The van der Waals surface area contributed by atoms with Crippen molar-refractivity contribution < 1.29 is 18.3 Å². The third kappa shape index (κ3) is 2.24. The zero-order valence-electron chi connectivity index (χ0n) is 9.78. The minimum Gasteiger partial charge on any atom is -0.480 e. The van der Waals surface area contributed by atoms with Crippen molar-refractivity contribution in [3.8, 4) is 0 Å². The number of rotatable bonds is 3. The van der Waals surface area contributed by atoms with Crippen LogP contribution in [0.4, 0.5) is 0 Å². The molecule has 0 aromatic carbocycles. The van der Waals surface area contributed by atoms with Gasteiger partial charge in [-0.2, -0.15) is 4.31 Å². The number of hydrogen-bond acceptors (Lipinski definition) is 5. The van der Waals surface area contributed by atoms with Crippen LogP contribution >= 0.6 is 0 Å². The molecule has 1 atom stereocenters. The highest BCUT2D eigenvalue weighted by Gasteiger charge is 2.38. The van der Waals surface area contributed by atoms with E-state index in [2.05, 4.69) is 10.3 Å². The molecule has 0 amide bonds. The molecule has 2 N–H and O–H groups in total. The Morgan fingerprint density at radius 1 is 1.61 bits per heavy atom. The first-order valence-electron chi connectivity index (χ1n) is 5.36. The van der Waals surface area contributed by atoms with E-state index in [-0.39, 0.29) is 18.1 Å². The summed E-state index contributed by atoms with van der Waals surface area (Å²) in [5.41, 5.74) is 0. The quantitative estimate of drug-likeness (QED) is 0.692. The Morgan fingerprint density at radius 3 is 2.89 bits per heavy atom. The molecule has 0 saturated carbocycles. The van der Waals surface area contributed by atoms with Gasteiger partial charge in [-0.05, 0) is 0 Å². The monoisotopic (exact) mass is 274 g/mol. The van der Waals surface area contributed by atoms with Crippen molar-refractivity contribution in [2.75, 3.05) is 19.6 Å². The molecule has 1 aliphatic heterocycles. The summed E-state index contributed by atoms with van der Waals surface area (Å²) in [5.74, 6) is -1.17. The number of sulfonamides is 1. The van der Waals surface area contributed by atoms with E-state index in [1.165, 1.54) is 17.1 Å². The van der Waals surface area contributed by atoms with Crippen molar-refractivity contribution >= 4 is 16.0 Å². The molecule has 1 aliphatic rings. The van der Waals surface area contributed by atoms with Gasteiger partial charge in [-0.3, -0.25) is 4.79 Å². The van der Waals surface area contributed by atoms with Crippen molar-refractivity contribution in [1.29, 1.82) is 0 Å². The van der Waals surface area contributed by atoms with Crippen LogP contribution < -0.4 is 5.32 Å². The van der Waals surface area contributed by atoms with Crippen molar-refractivity contribution in [3.63, 3.8) is 0 Å². The van der Waals surface area contributed by atoms with Gasteiger partial charge in [0.05, 0.1) is 6.33 Å². The number of carbonyl (C=O) groups is 1. The fraction of sp³-hybridized carbons (Fsp3) is 0.556. The van der Waals surface area contributed by atoms with Gasteiger partial charge < -0.3 is 15.0 Å². The van der Waals surface area contributed by atoms with Crippen molar-refractivity contribution in [3.05, 3.63) is 12.5 Å². The molecule has 9 heteroatoms. The van der Waals surface area contributed by atoms with Crippen LogP contribution in [0.25, 0.3) is 0 Å². The van der Waals surface area contributed by atoms with Gasteiger partial charge in [-0.15, -0.1) is 0 Å². The molecule has 0 spiro atoms. The number of carboxylic acid groups (broad SMARTS) is 1. The van der Waals surface area contributed by atoms with Gasteiger partial charge in [-0.25, -0.2) is 13.4 Å². The Bertz CT molecular complexity index is 553. The normalized spacial score (nSPS) is 21.9. The van der Waals surface area contributed by atoms with E-state index in [1.807, 2.05) is 0 Å². The number of nitrogens with zero attached hydrogens (tertiary/aromatic N) is 3. The van der Waals surface area contributed by atoms with Crippen LogP contribution in [0, 0.1) is 0 Å². The zero-order chi connectivity index (χ0) is 13.3. The largest absolute Gasteiger partial charge is 0.480 e. The Hall–Kier alpha value is -1.45. The van der Waals surface area contributed by atoms with Crippen LogP contribution in [-0.4, -0.2) is 59.0 Å². The second-order valence-electron chi connectivity index (χ2n) is 4.05. The molecule has 1 aromatic heterocycles. The Kier molecular flexibility index (Phi) is 3.37. The predicted octanol–water partition coefficient (Wildman–Crippen LogP) is -1.53. The summed E-state index contributed by atoms with van der Waals surface area (Å²) in [6, 6.07) is -1.09. The Labute approximate surface area is 104 Å². The average molecular weight is 274 g/mol. The van der Waals surface area contributed by atoms with Crippen molar-refractivity contribution in [2.24, 2.45) is 7.05 Å². The molecule has 0 aliphatic carbocycles. The van der Waals surface area contributed by atoms with Crippen LogP contribution in [0.1, 0.15) is 0 Å². The maximum atomic E-state index is 12.3. The lowest BCUT2D eigenvalue weighted by molar-refractivity contribution is -0.141. The van der Waals surface area contributed by atoms with Gasteiger partial charge in [0.1, 0.15) is 6.04 Å². The van der Waals surface area contributed by atoms with Gasteiger partial charge in [-0.1, -0.05) is 0 Å². The van der Waals surface area contributed by atoms with E-state index in [1.54, 1.807) is 7.05 Å². The second kappa shape index (κ2) is 4.67. The summed E-state index contributed by atoms with van der Waals surface area (Å²) in [6.45, 7) is 0.646. The smallest absolute Gasteiger partial charge is 0.323 e. The standard InChI is InChI=1S/C9H14N4O4S/c1-12-5-8(11-6-12)18(16,17)13-3-2-10-4-7(13)9(14)15/h5-7,10H,2-4H2,1H3,(H,14,15). The summed E-state index contributed by atoms with van der Waals surface area (Å²) in [5, 5.41) is 11.8. The summed E-state index contributed by atoms with van der Waals surface area (Å²) in [4.78, 5) is 14.9. The maximum absolute atomic E-state index is 12.3. The lowest BCUT2D eigenvalue weighted by atomic mass is 10.2. The van der Waals surface area contributed by atoms with Gasteiger partial charge in [0, 0.05) is 32.9 Å². The van der Waals surface area contributed by atoms with Gasteiger partial charge in [0.15, 0.2) is 5.03 Å². The van der Waals surface area contributed by atoms with E-state index in [9.17, 15) is 13.2 Å². The number of nitrogens with one attached hydrogen (secondary N) is 1. The van der Waals surface area contributed by atoms with Crippen LogP contribution in [0.5, 0.6) is 0 Å². The first kappa shape index (κ1) is 13.0. The molecule has 18 heavy (non-hydrogen) atoms. The van der Waals surface area contributed by atoms with E-state index in [0.717, 1.165) is 4.31 Å². The average Bonchev–Trinajstić information content (AvgIpc) is 2.76. The fourth-order valence-electron chi connectivity index (χ4n) is 1.83. The Morgan fingerprint density at radius 2 is 2.33 bits per heavy atom. The van der Waals surface area contributed by atoms with Gasteiger partial charge in [0.25, 0.3) is 10.0 Å². The first-order valence-corrected chi connectivity index (χ1v) is 6.80. The third-order valence-corrected chi connectivity index (χ3v) is 4.53. The number of piperazine rings is 1. The fourth-order valence-corrected chi connectivity index (χ4v) is 3.38. The van der Waals surface area contributed by atoms with Gasteiger partial charge >= 0.3 is 5.97 Å².